The lowest BCUT2D eigenvalue weighted by Gasteiger charge is -2.21. The molecule has 0 bridgehead atoms. The summed E-state index contributed by atoms with van der Waals surface area (Å²) < 4.78 is 6.60. The second-order valence-electron chi connectivity index (χ2n) is 6.95. The van der Waals surface area contributed by atoms with E-state index < -0.39 is 6.10 Å². The van der Waals surface area contributed by atoms with Crippen LogP contribution in [0.1, 0.15) is 43.2 Å². The van der Waals surface area contributed by atoms with Crippen LogP contribution in [0, 0.1) is 13.8 Å². The van der Waals surface area contributed by atoms with E-state index in [-0.39, 0.29) is 6.61 Å². The quantitative estimate of drug-likeness (QED) is 0.647. The molecular formula is C19H27N3O2S2. The summed E-state index contributed by atoms with van der Waals surface area (Å²) >= 11 is 3.09. The number of hydrogen-bond donors (Lipinski definition) is 2. The first-order valence-corrected chi connectivity index (χ1v) is 11.0. The lowest BCUT2D eigenvalue weighted by atomic mass is 9.96. The van der Waals surface area contributed by atoms with Crippen molar-refractivity contribution in [1.29, 1.82) is 0 Å². The Balaban J connectivity index is 1.40. The Hall–Kier alpha value is -1.31. The van der Waals surface area contributed by atoms with Gasteiger partial charge in [0.05, 0.1) is 6.10 Å². The molecule has 1 aliphatic carbocycles. The fraction of sp³-hybridized carbons (Fsp3) is 0.579. The average molecular weight is 394 g/mol. The highest BCUT2D eigenvalue weighted by atomic mass is 32.2. The first kappa shape index (κ1) is 19.5. The molecule has 142 valence electrons. The topological polar surface area (TPSA) is 67.3 Å². The van der Waals surface area contributed by atoms with Gasteiger partial charge in [-0.15, -0.1) is 10.2 Å². The second kappa shape index (κ2) is 9.58. The number of benzene rings is 1. The van der Waals surface area contributed by atoms with Gasteiger partial charge in [0.15, 0.2) is 4.34 Å². The van der Waals surface area contributed by atoms with E-state index >= 15 is 0 Å². The molecule has 0 amide bonds. The molecule has 1 saturated carbocycles. The van der Waals surface area contributed by atoms with E-state index in [0.717, 1.165) is 26.3 Å². The summed E-state index contributed by atoms with van der Waals surface area (Å²) in [6, 6.07) is 6.61. The highest BCUT2D eigenvalue weighted by Crippen LogP contribution is 2.28. The first-order chi connectivity index (χ1) is 12.6. The van der Waals surface area contributed by atoms with Gasteiger partial charge in [-0.3, -0.25) is 0 Å². The van der Waals surface area contributed by atoms with E-state index in [4.69, 9.17) is 4.74 Å². The summed E-state index contributed by atoms with van der Waals surface area (Å²) in [7, 11) is 0. The molecule has 1 aliphatic rings. The number of nitrogens with zero attached hydrogens (tertiary/aromatic N) is 2. The minimum atomic E-state index is -0.542. The Kier molecular flexibility index (Phi) is 7.16. The number of hydrogen-bond acceptors (Lipinski definition) is 7. The van der Waals surface area contributed by atoms with Gasteiger partial charge in [0.25, 0.3) is 0 Å². The van der Waals surface area contributed by atoms with E-state index in [0.29, 0.717) is 11.8 Å². The monoisotopic (exact) mass is 393 g/mol. The van der Waals surface area contributed by atoms with E-state index in [1.165, 1.54) is 43.9 Å². The summed E-state index contributed by atoms with van der Waals surface area (Å²) in [5.41, 5.74) is 2.33. The molecule has 5 nitrogen and oxygen atoms in total. The number of aromatic nitrogens is 2. The SMILES string of the molecule is Cc1cc(C)cc(OCC(O)CSc2nnc(NC3CCCCC3)s2)c1. The number of aliphatic hydroxyl groups is 1. The van der Waals surface area contributed by atoms with E-state index in [2.05, 4.69) is 21.6 Å². The predicted octanol–water partition coefficient (Wildman–Crippen LogP) is 4.43. The zero-order chi connectivity index (χ0) is 18.4. The van der Waals surface area contributed by atoms with Gasteiger partial charge in [0.2, 0.25) is 5.13 Å². The van der Waals surface area contributed by atoms with Crippen molar-refractivity contribution in [1.82, 2.24) is 10.2 Å². The molecular weight excluding hydrogens is 366 g/mol. The number of anilines is 1. The Morgan fingerprint density at radius 3 is 2.65 bits per heavy atom. The van der Waals surface area contributed by atoms with Crippen LogP contribution in [-0.2, 0) is 0 Å². The second-order valence-corrected chi connectivity index (χ2v) is 9.20. The van der Waals surface area contributed by atoms with Crippen molar-refractivity contribution in [3.8, 4) is 5.75 Å². The zero-order valence-electron chi connectivity index (χ0n) is 15.4. The number of ether oxygens (including phenoxy) is 1. The van der Waals surface area contributed by atoms with Crippen LogP contribution >= 0.6 is 23.1 Å². The van der Waals surface area contributed by atoms with Crippen molar-refractivity contribution in [2.24, 2.45) is 0 Å². The van der Waals surface area contributed by atoms with E-state index in [9.17, 15) is 5.11 Å². The van der Waals surface area contributed by atoms with Crippen LogP contribution in [-0.4, -0.2) is 39.8 Å². The number of aryl methyl sites for hydroxylation is 2. The zero-order valence-corrected chi connectivity index (χ0v) is 17.0. The normalized spacial score (nSPS) is 16.4. The number of aliphatic hydroxyl groups excluding tert-OH is 1. The molecule has 1 heterocycles. The van der Waals surface area contributed by atoms with Crippen LogP contribution in [0.25, 0.3) is 0 Å². The minimum absolute atomic E-state index is 0.280. The molecule has 1 fully saturated rings. The third-order valence-electron chi connectivity index (χ3n) is 4.38. The fourth-order valence-electron chi connectivity index (χ4n) is 3.17. The van der Waals surface area contributed by atoms with Gasteiger partial charge in [-0.05, 0) is 49.9 Å². The van der Waals surface area contributed by atoms with Crippen LogP contribution in [0.2, 0.25) is 0 Å². The first-order valence-electron chi connectivity index (χ1n) is 9.20. The van der Waals surface area contributed by atoms with Gasteiger partial charge in [0, 0.05) is 11.8 Å². The van der Waals surface area contributed by atoms with Crippen molar-refractivity contribution >= 4 is 28.2 Å². The smallest absolute Gasteiger partial charge is 0.206 e. The number of nitrogens with one attached hydrogen (secondary N) is 1. The molecule has 1 unspecified atom stereocenters. The third kappa shape index (κ3) is 6.14. The number of thioether (sulfide) groups is 1. The van der Waals surface area contributed by atoms with Crippen molar-refractivity contribution in [3.63, 3.8) is 0 Å². The van der Waals surface area contributed by atoms with Gasteiger partial charge < -0.3 is 15.2 Å². The standard InChI is InChI=1S/C19H27N3O2S2/c1-13-8-14(2)10-17(9-13)24-11-16(23)12-25-19-22-21-18(26-19)20-15-6-4-3-5-7-15/h8-10,15-16,23H,3-7,11-12H2,1-2H3,(H,20,21). The fourth-order valence-corrected chi connectivity index (χ4v) is 4.93. The Morgan fingerprint density at radius 2 is 1.92 bits per heavy atom. The third-order valence-corrected chi connectivity index (χ3v) is 6.51. The molecule has 0 spiro atoms. The lowest BCUT2D eigenvalue weighted by molar-refractivity contribution is 0.126. The van der Waals surface area contributed by atoms with Crippen molar-refractivity contribution in [3.05, 3.63) is 29.3 Å². The van der Waals surface area contributed by atoms with Crippen LogP contribution < -0.4 is 10.1 Å². The lowest BCUT2D eigenvalue weighted by Crippen LogP contribution is -2.21. The largest absolute Gasteiger partial charge is 0.491 e. The Bertz CT molecular complexity index is 682. The van der Waals surface area contributed by atoms with E-state index in [1.807, 2.05) is 26.0 Å². The van der Waals surface area contributed by atoms with Gasteiger partial charge >= 0.3 is 0 Å². The predicted molar refractivity (Wildman–Crippen MR) is 109 cm³/mol. The van der Waals surface area contributed by atoms with Crippen molar-refractivity contribution in [2.45, 2.75) is 62.4 Å². The molecule has 2 N–H and O–H groups in total. The summed E-state index contributed by atoms with van der Waals surface area (Å²) in [6.07, 6.45) is 5.83. The highest BCUT2D eigenvalue weighted by Gasteiger charge is 2.16. The Labute approximate surface area is 163 Å². The van der Waals surface area contributed by atoms with Crippen molar-refractivity contribution < 1.29 is 9.84 Å². The average Bonchev–Trinajstić information content (AvgIpc) is 3.06. The molecule has 1 atom stereocenters. The molecule has 0 aliphatic heterocycles. The van der Waals surface area contributed by atoms with Gasteiger partial charge in [-0.1, -0.05) is 48.4 Å². The van der Waals surface area contributed by atoms with Crippen LogP contribution in [0.5, 0.6) is 5.75 Å². The maximum absolute atomic E-state index is 10.2. The van der Waals surface area contributed by atoms with Gasteiger partial charge in [-0.2, -0.15) is 0 Å². The van der Waals surface area contributed by atoms with Crippen LogP contribution in [0.3, 0.4) is 0 Å². The molecule has 0 radical (unpaired) electrons. The molecule has 1 aromatic heterocycles. The highest BCUT2D eigenvalue weighted by molar-refractivity contribution is 8.01. The van der Waals surface area contributed by atoms with Gasteiger partial charge in [0.1, 0.15) is 12.4 Å². The van der Waals surface area contributed by atoms with Crippen molar-refractivity contribution in [2.75, 3.05) is 17.7 Å². The molecule has 7 heteroatoms. The molecule has 2 aromatic rings. The summed E-state index contributed by atoms with van der Waals surface area (Å²) in [6.45, 7) is 4.36. The van der Waals surface area contributed by atoms with E-state index in [1.54, 1.807) is 11.3 Å². The molecule has 0 saturated heterocycles. The maximum Gasteiger partial charge on any atom is 0.206 e. The Morgan fingerprint density at radius 1 is 1.19 bits per heavy atom. The number of rotatable bonds is 8. The van der Waals surface area contributed by atoms with Crippen LogP contribution in [0.4, 0.5) is 5.13 Å². The molecule has 26 heavy (non-hydrogen) atoms. The van der Waals surface area contributed by atoms with Crippen LogP contribution in [0.15, 0.2) is 22.5 Å². The van der Waals surface area contributed by atoms with Gasteiger partial charge in [-0.25, -0.2) is 0 Å². The molecule has 3 rings (SSSR count). The summed E-state index contributed by atoms with van der Waals surface area (Å²) in [4.78, 5) is 0. The molecule has 1 aromatic carbocycles. The summed E-state index contributed by atoms with van der Waals surface area (Å²) in [5.74, 6) is 1.35. The maximum atomic E-state index is 10.2. The minimum Gasteiger partial charge on any atom is -0.491 e. The summed E-state index contributed by atoms with van der Waals surface area (Å²) in [5, 5.41) is 23.0.